The van der Waals surface area contributed by atoms with Gasteiger partial charge in [-0.25, -0.2) is 0 Å². The van der Waals surface area contributed by atoms with Crippen molar-refractivity contribution >= 4 is 5.91 Å². The van der Waals surface area contributed by atoms with E-state index in [9.17, 15) is 4.79 Å². The van der Waals surface area contributed by atoms with E-state index in [-0.39, 0.29) is 0 Å². The van der Waals surface area contributed by atoms with Crippen molar-refractivity contribution in [3.05, 3.63) is 35.4 Å². The van der Waals surface area contributed by atoms with Gasteiger partial charge in [-0.3, -0.25) is 4.79 Å². The highest BCUT2D eigenvalue weighted by Crippen LogP contribution is 2.28. The van der Waals surface area contributed by atoms with E-state index in [4.69, 9.17) is 0 Å². The molecule has 0 heterocycles. The number of aryl methyl sites for hydroxylation is 1. The largest absolute Gasteiger partial charge is 0.341 e. The summed E-state index contributed by atoms with van der Waals surface area (Å²) in [4.78, 5) is 13.8. The molecule has 2 rings (SSSR count). The lowest BCUT2D eigenvalue weighted by atomic mass is 9.84. The third-order valence-electron chi connectivity index (χ3n) is 3.50. The van der Waals surface area contributed by atoms with E-state index in [1.54, 1.807) is 0 Å². The van der Waals surface area contributed by atoms with Crippen LogP contribution in [-0.4, -0.2) is 17.9 Å². The Balaban J connectivity index is 1.98. The van der Waals surface area contributed by atoms with Crippen molar-refractivity contribution in [1.29, 1.82) is 0 Å². The van der Waals surface area contributed by atoms with Crippen molar-refractivity contribution in [2.24, 2.45) is 5.92 Å². The van der Waals surface area contributed by atoms with Gasteiger partial charge >= 0.3 is 0 Å². The maximum absolute atomic E-state index is 12.0. The smallest absolute Gasteiger partial charge is 0.225 e. The zero-order valence-electron chi connectivity index (χ0n) is 10.1. The fraction of sp³-hybridized carbons (Fsp3) is 0.500. The highest BCUT2D eigenvalue weighted by molar-refractivity contribution is 5.79. The van der Waals surface area contributed by atoms with Crippen LogP contribution in [0.5, 0.6) is 0 Å². The van der Waals surface area contributed by atoms with Gasteiger partial charge in [-0.05, 0) is 30.9 Å². The Morgan fingerprint density at radius 3 is 2.62 bits per heavy atom. The first-order valence-corrected chi connectivity index (χ1v) is 5.98. The van der Waals surface area contributed by atoms with Crippen molar-refractivity contribution in [2.45, 2.75) is 32.7 Å². The second-order valence-electron chi connectivity index (χ2n) is 4.75. The molecule has 0 spiro atoms. The van der Waals surface area contributed by atoms with E-state index in [2.05, 4.69) is 19.1 Å². The van der Waals surface area contributed by atoms with E-state index in [0.29, 0.717) is 11.8 Å². The standard InChI is InChI=1S/C14H19NO/c1-11-6-3-4-7-13(11)10-15(2)14(16)12-8-5-9-12/h3-4,6-7,12H,5,8-10H2,1-2H3. The van der Waals surface area contributed by atoms with Gasteiger partial charge in [-0.1, -0.05) is 30.7 Å². The van der Waals surface area contributed by atoms with E-state index < -0.39 is 0 Å². The normalized spacial score (nSPS) is 15.6. The molecule has 86 valence electrons. The summed E-state index contributed by atoms with van der Waals surface area (Å²) in [5, 5.41) is 0. The van der Waals surface area contributed by atoms with Crippen molar-refractivity contribution in [3.8, 4) is 0 Å². The molecule has 0 saturated heterocycles. The molecule has 0 atom stereocenters. The van der Waals surface area contributed by atoms with Gasteiger partial charge in [0, 0.05) is 19.5 Å². The Kier molecular flexibility index (Phi) is 3.28. The van der Waals surface area contributed by atoms with Crippen LogP contribution in [0.1, 0.15) is 30.4 Å². The summed E-state index contributed by atoms with van der Waals surface area (Å²) in [6.45, 7) is 2.83. The summed E-state index contributed by atoms with van der Waals surface area (Å²) < 4.78 is 0. The molecular weight excluding hydrogens is 198 g/mol. The molecule has 0 N–H and O–H groups in total. The second-order valence-corrected chi connectivity index (χ2v) is 4.75. The Labute approximate surface area is 97.3 Å². The average Bonchev–Trinajstić information content (AvgIpc) is 2.18. The number of nitrogens with zero attached hydrogens (tertiary/aromatic N) is 1. The summed E-state index contributed by atoms with van der Waals surface area (Å²) in [5.74, 6) is 0.614. The summed E-state index contributed by atoms with van der Waals surface area (Å²) in [7, 11) is 1.91. The van der Waals surface area contributed by atoms with Crippen LogP contribution >= 0.6 is 0 Å². The van der Waals surface area contributed by atoms with Crippen molar-refractivity contribution in [1.82, 2.24) is 4.90 Å². The number of rotatable bonds is 3. The van der Waals surface area contributed by atoms with Crippen LogP contribution < -0.4 is 0 Å². The zero-order valence-corrected chi connectivity index (χ0v) is 10.1. The molecule has 0 bridgehead atoms. The quantitative estimate of drug-likeness (QED) is 0.762. The molecule has 0 unspecified atom stereocenters. The molecule has 1 aliphatic carbocycles. The molecular formula is C14H19NO. The molecule has 1 aromatic rings. The lowest BCUT2D eigenvalue weighted by molar-refractivity contribution is -0.137. The molecule has 1 saturated carbocycles. The molecule has 1 aromatic carbocycles. The first kappa shape index (κ1) is 11.2. The van der Waals surface area contributed by atoms with Crippen LogP contribution in [0.25, 0.3) is 0 Å². The molecule has 0 radical (unpaired) electrons. The Bertz CT molecular complexity index is 382. The van der Waals surface area contributed by atoms with Crippen molar-refractivity contribution in [2.75, 3.05) is 7.05 Å². The Hall–Kier alpha value is -1.31. The van der Waals surface area contributed by atoms with Gasteiger partial charge in [0.25, 0.3) is 0 Å². The highest BCUT2D eigenvalue weighted by atomic mass is 16.2. The van der Waals surface area contributed by atoms with Crippen LogP contribution in [0.15, 0.2) is 24.3 Å². The van der Waals surface area contributed by atoms with Crippen LogP contribution in [0.2, 0.25) is 0 Å². The van der Waals surface area contributed by atoms with Crippen LogP contribution in [0.3, 0.4) is 0 Å². The first-order valence-electron chi connectivity index (χ1n) is 5.98. The molecule has 1 fully saturated rings. The van der Waals surface area contributed by atoms with Gasteiger partial charge in [-0.15, -0.1) is 0 Å². The van der Waals surface area contributed by atoms with Crippen molar-refractivity contribution in [3.63, 3.8) is 0 Å². The molecule has 2 nitrogen and oxygen atoms in total. The van der Waals surface area contributed by atoms with E-state index in [1.165, 1.54) is 17.5 Å². The molecule has 0 aliphatic heterocycles. The third-order valence-corrected chi connectivity index (χ3v) is 3.50. The maximum Gasteiger partial charge on any atom is 0.225 e. The zero-order chi connectivity index (χ0) is 11.5. The number of hydrogen-bond acceptors (Lipinski definition) is 1. The number of carbonyl (C=O) groups is 1. The monoisotopic (exact) mass is 217 g/mol. The van der Waals surface area contributed by atoms with Crippen molar-refractivity contribution < 1.29 is 4.79 Å². The molecule has 1 aliphatic rings. The second kappa shape index (κ2) is 4.69. The highest BCUT2D eigenvalue weighted by Gasteiger charge is 2.27. The predicted octanol–water partition coefficient (Wildman–Crippen LogP) is 2.75. The van der Waals surface area contributed by atoms with Gasteiger partial charge in [0.2, 0.25) is 5.91 Å². The molecule has 16 heavy (non-hydrogen) atoms. The topological polar surface area (TPSA) is 20.3 Å². The maximum atomic E-state index is 12.0. The minimum atomic E-state index is 0.300. The van der Waals surface area contributed by atoms with E-state index >= 15 is 0 Å². The number of hydrogen-bond donors (Lipinski definition) is 0. The van der Waals surface area contributed by atoms with Gasteiger partial charge in [0.15, 0.2) is 0 Å². The Morgan fingerprint density at radius 2 is 2.06 bits per heavy atom. The lowest BCUT2D eigenvalue weighted by Crippen LogP contribution is -2.35. The number of amides is 1. The minimum absolute atomic E-state index is 0.300. The van der Waals surface area contributed by atoms with E-state index in [1.807, 2.05) is 24.1 Å². The molecule has 0 aromatic heterocycles. The predicted molar refractivity (Wildman–Crippen MR) is 65.0 cm³/mol. The molecule has 1 amide bonds. The van der Waals surface area contributed by atoms with Gasteiger partial charge in [0.05, 0.1) is 0 Å². The third kappa shape index (κ3) is 2.26. The fourth-order valence-corrected chi connectivity index (χ4v) is 2.09. The molecule has 2 heteroatoms. The lowest BCUT2D eigenvalue weighted by Gasteiger charge is -2.29. The number of carbonyl (C=O) groups excluding carboxylic acids is 1. The summed E-state index contributed by atoms with van der Waals surface area (Å²) >= 11 is 0. The summed E-state index contributed by atoms with van der Waals surface area (Å²) in [5.41, 5.74) is 2.51. The van der Waals surface area contributed by atoms with Gasteiger partial charge in [0.1, 0.15) is 0 Å². The fourth-order valence-electron chi connectivity index (χ4n) is 2.09. The first-order chi connectivity index (χ1) is 7.68. The average molecular weight is 217 g/mol. The minimum Gasteiger partial charge on any atom is -0.341 e. The van der Waals surface area contributed by atoms with Crippen LogP contribution in [0, 0.1) is 12.8 Å². The Morgan fingerprint density at radius 1 is 1.38 bits per heavy atom. The summed E-state index contributed by atoms with van der Waals surface area (Å²) in [6, 6.07) is 8.26. The SMILES string of the molecule is Cc1ccccc1CN(C)C(=O)C1CCC1. The van der Waals surface area contributed by atoms with Crippen LogP contribution in [-0.2, 0) is 11.3 Å². The van der Waals surface area contributed by atoms with Gasteiger partial charge < -0.3 is 4.90 Å². The van der Waals surface area contributed by atoms with E-state index in [0.717, 1.165) is 19.4 Å². The van der Waals surface area contributed by atoms with Gasteiger partial charge in [-0.2, -0.15) is 0 Å². The summed E-state index contributed by atoms with van der Waals surface area (Å²) in [6.07, 6.45) is 3.38. The van der Waals surface area contributed by atoms with Crippen LogP contribution in [0.4, 0.5) is 0 Å². The number of benzene rings is 1.